The summed E-state index contributed by atoms with van der Waals surface area (Å²) in [5.41, 5.74) is 1.55. The Kier molecular flexibility index (Phi) is 4.58. The molecule has 3 nitrogen and oxygen atoms in total. The normalized spacial score (nSPS) is 12.2. The Labute approximate surface area is 118 Å². The minimum atomic E-state index is -0.603. The molecule has 20 heavy (non-hydrogen) atoms. The summed E-state index contributed by atoms with van der Waals surface area (Å²) in [7, 11) is 1.63. The number of hydrogen-bond donors (Lipinski definition) is 2. The second-order valence-electron chi connectivity index (χ2n) is 4.59. The number of nitrogens with one attached hydrogen (secondary N) is 1. The van der Waals surface area contributed by atoms with E-state index in [0.29, 0.717) is 12.1 Å². The van der Waals surface area contributed by atoms with Gasteiger partial charge < -0.3 is 15.2 Å². The Morgan fingerprint density at radius 1 is 1.20 bits per heavy atom. The standard InChI is InChI=1S/C16H18FNO2/c1-11(13-7-3-4-9-15(13)20-2)18-10-12-6-5-8-14(17)16(12)19/h3-9,11,18-19H,10H2,1-2H3. The lowest BCUT2D eigenvalue weighted by Crippen LogP contribution is -2.18. The monoisotopic (exact) mass is 275 g/mol. The maximum atomic E-state index is 13.2. The zero-order valence-corrected chi connectivity index (χ0v) is 11.6. The molecule has 0 aromatic heterocycles. The number of halogens is 1. The lowest BCUT2D eigenvalue weighted by molar-refractivity contribution is 0.399. The number of para-hydroxylation sites is 2. The molecule has 2 aromatic carbocycles. The third-order valence-electron chi connectivity index (χ3n) is 3.27. The molecule has 0 aliphatic carbocycles. The van der Waals surface area contributed by atoms with Crippen LogP contribution in [0.2, 0.25) is 0 Å². The zero-order valence-electron chi connectivity index (χ0n) is 11.6. The number of ether oxygens (including phenoxy) is 1. The average molecular weight is 275 g/mol. The summed E-state index contributed by atoms with van der Waals surface area (Å²) in [4.78, 5) is 0. The van der Waals surface area contributed by atoms with Crippen molar-refractivity contribution in [1.82, 2.24) is 5.32 Å². The van der Waals surface area contributed by atoms with Crippen molar-refractivity contribution in [3.05, 3.63) is 59.4 Å². The first-order valence-electron chi connectivity index (χ1n) is 6.46. The van der Waals surface area contributed by atoms with Crippen molar-refractivity contribution in [1.29, 1.82) is 0 Å². The highest BCUT2D eigenvalue weighted by Gasteiger charge is 2.12. The van der Waals surface area contributed by atoms with Crippen LogP contribution in [0.4, 0.5) is 4.39 Å². The van der Waals surface area contributed by atoms with Crippen molar-refractivity contribution < 1.29 is 14.2 Å². The van der Waals surface area contributed by atoms with Crippen molar-refractivity contribution in [2.45, 2.75) is 19.5 Å². The molecular formula is C16H18FNO2. The lowest BCUT2D eigenvalue weighted by atomic mass is 10.1. The highest BCUT2D eigenvalue weighted by Crippen LogP contribution is 2.26. The lowest BCUT2D eigenvalue weighted by Gasteiger charge is -2.17. The molecule has 0 amide bonds. The maximum absolute atomic E-state index is 13.2. The molecule has 1 unspecified atom stereocenters. The van der Waals surface area contributed by atoms with Crippen LogP contribution >= 0.6 is 0 Å². The number of rotatable bonds is 5. The molecule has 0 aliphatic heterocycles. The van der Waals surface area contributed by atoms with E-state index in [1.54, 1.807) is 19.2 Å². The smallest absolute Gasteiger partial charge is 0.165 e. The van der Waals surface area contributed by atoms with Crippen LogP contribution in [-0.4, -0.2) is 12.2 Å². The third-order valence-corrected chi connectivity index (χ3v) is 3.27. The SMILES string of the molecule is COc1ccccc1C(C)NCc1cccc(F)c1O. The molecule has 0 bridgehead atoms. The van der Waals surface area contributed by atoms with Gasteiger partial charge in [0.05, 0.1) is 7.11 Å². The Bertz CT molecular complexity index is 586. The number of phenolic OH excluding ortho intramolecular Hbond substituents is 1. The van der Waals surface area contributed by atoms with Crippen molar-refractivity contribution in [3.8, 4) is 11.5 Å². The molecule has 0 saturated heterocycles. The molecule has 2 rings (SSSR count). The first-order chi connectivity index (χ1) is 9.63. The van der Waals surface area contributed by atoms with Crippen LogP contribution in [0.3, 0.4) is 0 Å². The van der Waals surface area contributed by atoms with Crippen molar-refractivity contribution in [3.63, 3.8) is 0 Å². The van der Waals surface area contributed by atoms with Gasteiger partial charge in [-0.25, -0.2) is 4.39 Å². The number of hydrogen-bond acceptors (Lipinski definition) is 3. The number of benzene rings is 2. The van der Waals surface area contributed by atoms with Gasteiger partial charge in [-0.1, -0.05) is 30.3 Å². The molecule has 1 atom stereocenters. The second kappa shape index (κ2) is 6.39. The topological polar surface area (TPSA) is 41.5 Å². The van der Waals surface area contributed by atoms with Crippen LogP contribution in [0.1, 0.15) is 24.1 Å². The van der Waals surface area contributed by atoms with E-state index in [1.165, 1.54) is 6.07 Å². The predicted octanol–water partition coefficient (Wildman–Crippen LogP) is 3.39. The van der Waals surface area contributed by atoms with Gasteiger partial charge in [0.15, 0.2) is 11.6 Å². The molecule has 0 spiro atoms. The van der Waals surface area contributed by atoms with Crippen LogP contribution in [0.5, 0.6) is 11.5 Å². The summed E-state index contributed by atoms with van der Waals surface area (Å²) in [6.07, 6.45) is 0. The molecule has 2 N–H and O–H groups in total. The fourth-order valence-electron chi connectivity index (χ4n) is 2.10. The van der Waals surface area contributed by atoms with Gasteiger partial charge >= 0.3 is 0 Å². The van der Waals surface area contributed by atoms with Gasteiger partial charge in [0, 0.05) is 23.7 Å². The zero-order chi connectivity index (χ0) is 14.5. The van der Waals surface area contributed by atoms with Gasteiger partial charge in [-0.3, -0.25) is 0 Å². The van der Waals surface area contributed by atoms with E-state index < -0.39 is 5.82 Å². The van der Waals surface area contributed by atoms with Crippen LogP contribution < -0.4 is 10.1 Å². The van der Waals surface area contributed by atoms with Gasteiger partial charge in [0.2, 0.25) is 0 Å². The van der Waals surface area contributed by atoms with Crippen LogP contribution in [0.15, 0.2) is 42.5 Å². The van der Waals surface area contributed by atoms with Crippen molar-refractivity contribution in [2.24, 2.45) is 0 Å². The van der Waals surface area contributed by atoms with Crippen molar-refractivity contribution >= 4 is 0 Å². The average Bonchev–Trinajstić information content (AvgIpc) is 2.48. The van der Waals surface area contributed by atoms with E-state index in [0.717, 1.165) is 11.3 Å². The Morgan fingerprint density at radius 2 is 1.95 bits per heavy atom. The van der Waals surface area contributed by atoms with Gasteiger partial charge in [0.25, 0.3) is 0 Å². The number of aromatic hydroxyl groups is 1. The molecule has 0 radical (unpaired) electrons. The Hall–Kier alpha value is -2.07. The summed E-state index contributed by atoms with van der Waals surface area (Å²) in [6, 6.07) is 12.3. The molecule has 0 aliphatic rings. The molecule has 0 fully saturated rings. The van der Waals surface area contributed by atoms with E-state index >= 15 is 0 Å². The Balaban J connectivity index is 2.09. The number of methoxy groups -OCH3 is 1. The fourth-order valence-corrected chi connectivity index (χ4v) is 2.10. The molecule has 0 heterocycles. The highest BCUT2D eigenvalue weighted by molar-refractivity contribution is 5.36. The molecule has 106 valence electrons. The predicted molar refractivity (Wildman–Crippen MR) is 76.3 cm³/mol. The maximum Gasteiger partial charge on any atom is 0.165 e. The van der Waals surface area contributed by atoms with Gasteiger partial charge in [-0.2, -0.15) is 0 Å². The fraction of sp³-hybridized carbons (Fsp3) is 0.250. The van der Waals surface area contributed by atoms with Crippen LogP contribution in [0.25, 0.3) is 0 Å². The second-order valence-corrected chi connectivity index (χ2v) is 4.59. The van der Waals surface area contributed by atoms with E-state index in [-0.39, 0.29) is 11.8 Å². The quantitative estimate of drug-likeness (QED) is 0.879. The number of phenols is 1. The summed E-state index contributed by atoms with van der Waals surface area (Å²) >= 11 is 0. The Morgan fingerprint density at radius 3 is 2.70 bits per heavy atom. The van der Waals surface area contributed by atoms with E-state index in [9.17, 15) is 9.50 Å². The van der Waals surface area contributed by atoms with Gasteiger partial charge in [0.1, 0.15) is 5.75 Å². The summed E-state index contributed by atoms with van der Waals surface area (Å²) in [6.45, 7) is 2.37. The van der Waals surface area contributed by atoms with E-state index in [2.05, 4.69) is 5.32 Å². The molecule has 0 saturated carbocycles. The minimum Gasteiger partial charge on any atom is -0.505 e. The third kappa shape index (κ3) is 3.08. The molecular weight excluding hydrogens is 257 g/mol. The van der Waals surface area contributed by atoms with E-state index in [4.69, 9.17) is 4.74 Å². The largest absolute Gasteiger partial charge is 0.505 e. The minimum absolute atomic E-state index is 0.0221. The van der Waals surface area contributed by atoms with E-state index in [1.807, 2.05) is 31.2 Å². The summed E-state index contributed by atoms with van der Waals surface area (Å²) in [5, 5.41) is 12.9. The summed E-state index contributed by atoms with van der Waals surface area (Å²) in [5.74, 6) is -0.0996. The molecule has 4 heteroatoms. The first-order valence-corrected chi connectivity index (χ1v) is 6.46. The van der Waals surface area contributed by atoms with Crippen LogP contribution in [0, 0.1) is 5.82 Å². The first kappa shape index (κ1) is 14.3. The summed E-state index contributed by atoms with van der Waals surface area (Å²) < 4.78 is 18.6. The van der Waals surface area contributed by atoms with Gasteiger partial charge in [-0.05, 0) is 19.1 Å². The van der Waals surface area contributed by atoms with Crippen molar-refractivity contribution in [2.75, 3.05) is 7.11 Å². The highest BCUT2D eigenvalue weighted by atomic mass is 19.1. The van der Waals surface area contributed by atoms with Crippen LogP contribution in [-0.2, 0) is 6.54 Å². The van der Waals surface area contributed by atoms with Gasteiger partial charge in [-0.15, -0.1) is 0 Å². The molecule has 2 aromatic rings.